The zero-order valence-corrected chi connectivity index (χ0v) is 16.3. The maximum atomic E-state index is 5.80. The van der Waals surface area contributed by atoms with Gasteiger partial charge in [-0.1, -0.05) is 30.3 Å². The highest BCUT2D eigenvalue weighted by Gasteiger charge is 2.20. The van der Waals surface area contributed by atoms with E-state index in [0.717, 1.165) is 45.9 Å². The molecule has 0 aliphatic carbocycles. The molecule has 2 N–H and O–H groups in total. The zero-order valence-electron chi connectivity index (χ0n) is 14.6. The number of nitrogens with two attached hydrogens (primary N) is 1. The monoisotopic (exact) mass is 382 g/mol. The fourth-order valence-electron chi connectivity index (χ4n) is 3.05. The number of nitrogen functional groups attached to an aromatic ring is 1. The highest BCUT2D eigenvalue weighted by Crippen LogP contribution is 2.20. The van der Waals surface area contributed by atoms with E-state index in [-0.39, 0.29) is 12.4 Å². The van der Waals surface area contributed by atoms with Gasteiger partial charge in [-0.2, -0.15) is 0 Å². The lowest BCUT2D eigenvalue weighted by atomic mass is 10.1. The predicted octanol–water partition coefficient (Wildman–Crippen LogP) is 2.87. The van der Waals surface area contributed by atoms with Crippen molar-refractivity contribution in [2.45, 2.75) is 26.1 Å². The van der Waals surface area contributed by atoms with E-state index in [4.69, 9.17) is 10.5 Å². The summed E-state index contributed by atoms with van der Waals surface area (Å²) in [6, 6.07) is 11.1. The minimum atomic E-state index is 0. The second-order valence-corrected chi connectivity index (χ2v) is 7.46. The second-order valence-electron chi connectivity index (χ2n) is 6.32. The average molecular weight is 383 g/mol. The lowest BCUT2D eigenvalue weighted by Crippen LogP contribution is -2.45. The number of thiazole rings is 1. The van der Waals surface area contributed by atoms with Crippen LogP contribution in [0, 0.1) is 0 Å². The third-order valence-corrected chi connectivity index (χ3v) is 5.22. The quantitative estimate of drug-likeness (QED) is 0.797. The number of hydrogen-bond acceptors (Lipinski definition) is 6. The van der Waals surface area contributed by atoms with Gasteiger partial charge in [0.2, 0.25) is 0 Å². The van der Waals surface area contributed by atoms with Gasteiger partial charge < -0.3 is 10.5 Å². The van der Waals surface area contributed by atoms with Crippen molar-refractivity contribution in [3.63, 3.8) is 0 Å². The van der Waals surface area contributed by atoms with Crippen molar-refractivity contribution >= 4 is 28.9 Å². The van der Waals surface area contributed by atoms with E-state index in [1.54, 1.807) is 11.3 Å². The van der Waals surface area contributed by atoms with Gasteiger partial charge in [0.15, 0.2) is 5.13 Å². The van der Waals surface area contributed by atoms with Gasteiger partial charge in [-0.25, -0.2) is 4.98 Å². The number of hydrogen-bond donors (Lipinski definition) is 1. The number of morpholine rings is 1. The van der Waals surface area contributed by atoms with Crippen molar-refractivity contribution in [3.8, 4) is 0 Å². The molecule has 1 fully saturated rings. The van der Waals surface area contributed by atoms with Crippen LogP contribution in [-0.4, -0.2) is 53.7 Å². The number of anilines is 1. The van der Waals surface area contributed by atoms with Gasteiger partial charge in [-0.15, -0.1) is 23.7 Å². The Hall–Kier alpha value is -1.18. The molecule has 138 valence electrons. The maximum absolute atomic E-state index is 5.80. The Morgan fingerprint density at radius 2 is 1.96 bits per heavy atom. The highest BCUT2D eigenvalue weighted by molar-refractivity contribution is 7.15. The summed E-state index contributed by atoms with van der Waals surface area (Å²) in [6.45, 7) is 8.92. The Kier molecular flexibility index (Phi) is 8.12. The van der Waals surface area contributed by atoms with Crippen LogP contribution in [0.25, 0.3) is 0 Å². The van der Waals surface area contributed by atoms with Crippen LogP contribution in [0.4, 0.5) is 5.13 Å². The first-order chi connectivity index (χ1) is 11.7. The Labute approximate surface area is 160 Å². The van der Waals surface area contributed by atoms with Crippen molar-refractivity contribution in [3.05, 3.63) is 47.0 Å². The van der Waals surface area contributed by atoms with Gasteiger partial charge in [0.25, 0.3) is 0 Å². The van der Waals surface area contributed by atoms with E-state index in [0.29, 0.717) is 11.2 Å². The SMILES string of the molecule is CC(CN1CCOCC1)N(Cc1ccccc1)Cc1cnc(N)s1.Cl. The number of nitrogens with zero attached hydrogens (tertiary/aromatic N) is 3. The third kappa shape index (κ3) is 6.24. The molecule has 0 radical (unpaired) electrons. The molecule has 0 spiro atoms. The summed E-state index contributed by atoms with van der Waals surface area (Å²) in [7, 11) is 0. The molecule has 0 bridgehead atoms. The van der Waals surface area contributed by atoms with Crippen LogP contribution >= 0.6 is 23.7 Å². The molecular weight excluding hydrogens is 356 g/mol. The molecule has 1 aromatic carbocycles. The highest BCUT2D eigenvalue weighted by atomic mass is 35.5. The van der Waals surface area contributed by atoms with Gasteiger partial charge in [-0.05, 0) is 12.5 Å². The van der Waals surface area contributed by atoms with Crippen molar-refractivity contribution in [1.82, 2.24) is 14.8 Å². The maximum Gasteiger partial charge on any atom is 0.180 e. The second kappa shape index (κ2) is 10.1. The van der Waals surface area contributed by atoms with Crippen molar-refractivity contribution in [2.24, 2.45) is 0 Å². The Bertz CT molecular complexity index is 619. The van der Waals surface area contributed by atoms with Crippen LogP contribution in [0.5, 0.6) is 0 Å². The lowest BCUT2D eigenvalue weighted by molar-refractivity contribution is 0.0227. The van der Waals surface area contributed by atoms with Crippen molar-refractivity contribution in [1.29, 1.82) is 0 Å². The van der Waals surface area contributed by atoms with E-state index in [1.165, 1.54) is 10.4 Å². The molecule has 1 aliphatic heterocycles. The summed E-state index contributed by atoms with van der Waals surface area (Å²) in [5, 5.41) is 0.644. The molecule has 0 saturated carbocycles. The number of benzene rings is 1. The van der Waals surface area contributed by atoms with Crippen LogP contribution < -0.4 is 5.73 Å². The lowest BCUT2D eigenvalue weighted by Gasteiger charge is -2.35. The van der Waals surface area contributed by atoms with E-state index in [9.17, 15) is 0 Å². The molecule has 25 heavy (non-hydrogen) atoms. The van der Waals surface area contributed by atoms with E-state index < -0.39 is 0 Å². The Balaban J connectivity index is 0.00000225. The molecule has 2 aromatic rings. The normalized spacial score (nSPS) is 16.6. The largest absolute Gasteiger partial charge is 0.379 e. The van der Waals surface area contributed by atoms with Gasteiger partial charge in [0.05, 0.1) is 13.2 Å². The molecule has 7 heteroatoms. The number of ether oxygens (including phenoxy) is 1. The first kappa shape index (κ1) is 20.1. The van der Waals surface area contributed by atoms with E-state index in [2.05, 4.69) is 52.0 Å². The van der Waals surface area contributed by atoms with Crippen LogP contribution in [-0.2, 0) is 17.8 Å². The summed E-state index contributed by atoms with van der Waals surface area (Å²) >= 11 is 1.58. The molecular formula is C18H27ClN4OS. The first-order valence-corrected chi connectivity index (χ1v) is 9.30. The number of rotatable bonds is 7. The summed E-state index contributed by atoms with van der Waals surface area (Å²) in [6.07, 6.45) is 1.90. The van der Waals surface area contributed by atoms with Crippen molar-refractivity contribution < 1.29 is 4.74 Å². The third-order valence-electron chi connectivity index (χ3n) is 4.41. The Morgan fingerprint density at radius 3 is 2.60 bits per heavy atom. The molecule has 3 rings (SSSR count). The van der Waals surface area contributed by atoms with Crippen LogP contribution in [0.3, 0.4) is 0 Å². The van der Waals surface area contributed by atoms with Crippen LogP contribution in [0.2, 0.25) is 0 Å². The zero-order chi connectivity index (χ0) is 16.8. The molecule has 0 amide bonds. The average Bonchev–Trinajstić information content (AvgIpc) is 3.01. The minimum absolute atomic E-state index is 0. The van der Waals surface area contributed by atoms with Gasteiger partial charge >= 0.3 is 0 Å². The fraction of sp³-hybridized carbons (Fsp3) is 0.500. The fourth-order valence-corrected chi connectivity index (χ4v) is 3.76. The van der Waals surface area contributed by atoms with E-state index >= 15 is 0 Å². The molecule has 5 nitrogen and oxygen atoms in total. The number of halogens is 1. The molecule has 1 saturated heterocycles. The smallest absolute Gasteiger partial charge is 0.180 e. The standard InChI is InChI=1S/C18H26N4OS.ClH/c1-15(12-21-7-9-23-10-8-21)22(13-16-5-3-2-4-6-16)14-17-11-20-18(19)24-17;/h2-6,11,15H,7-10,12-14H2,1H3,(H2,19,20);1H. The van der Waals surface area contributed by atoms with Gasteiger partial charge in [-0.3, -0.25) is 9.80 Å². The predicted molar refractivity (Wildman–Crippen MR) is 106 cm³/mol. The number of aromatic nitrogens is 1. The van der Waals surface area contributed by atoms with Gasteiger partial charge in [0.1, 0.15) is 0 Å². The van der Waals surface area contributed by atoms with E-state index in [1.807, 2.05) is 6.20 Å². The molecule has 1 aromatic heterocycles. The Morgan fingerprint density at radius 1 is 1.24 bits per heavy atom. The molecule has 1 aliphatic rings. The van der Waals surface area contributed by atoms with Gasteiger partial charge in [0, 0.05) is 49.8 Å². The van der Waals surface area contributed by atoms with Crippen LogP contribution in [0.15, 0.2) is 36.5 Å². The molecule has 1 unspecified atom stereocenters. The summed E-state index contributed by atoms with van der Waals surface area (Å²) < 4.78 is 5.46. The molecule has 2 heterocycles. The first-order valence-electron chi connectivity index (χ1n) is 8.49. The summed E-state index contributed by atoms with van der Waals surface area (Å²) in [5.74, 6) is 0. The summed E-state index contributed by atoms with van der Waals surface area (Å²) in [5.41, 5.74) is 7.14. The topological polar surface area (TPSA) is 54.6 Å². The minimum Gasteiger partial charge on any atom is -0.379 e. The van der Waals surface area contributed by atoms with Crippen LogP contribution in [0.1, 0.15) is 17.4 Å². The van der Waals surface area contributed by atoms with Crippen molar-refractivity contribution in [2.75, 3.05) is 38.6 Å². The molecule has 1 atom stereocenters. The summed E-state index contributed by atoms with van der Waals surface area (Å²) in [4.78, 5) is 10.4.